The van der Waals surface area contributed by atoms with E-state index in [1.165, 1.54) is 5.56 Å². The third kappa shape index (κ3) is 6.75. The first-order valence-electron chi connectivity index (χ1n) is 10.2. The van der Waals surface area contributed by atoms with Gasteiger partial charge >= 0.3 is 0 Å². The Kier molecular flexibility index (Phi) is 8.75. The molecule has 0 aromatic heterocycles. The second-order valence-corrected chi connectivity index (χ2v) is 8.99. The fourth-order valence-electron chi connectivity index (χ4n) is 3.06. The Bertz CT molecular complexity index is 912. The molecule has 0 fully saturated rings. The van der Waals surface area contributed by atoms with Crippen molar-refractivity contribution in [3.05, 3.63) is 68.7 Å². The molecule has 0 radical (unpaired) electrons. The Hall–Kier alpha value is -2.04. The molecule has 4 nitrogen and oxygen atoms in total. The van der Waals surface area contributed by atoms with Gasteiger partial charge in [0.15, 0.2) is 0 Å². The zero-order valence-electron chi connectivity index (χ0n) is 18.3. The highest BCUT2D eigenvalue weighted by Crippen LogP contribution is 2.24. The summed E-state index contributed by atoms with van der Waals surface area (Å²) in [6, 6.07) is 10.6. The number of hydrogen-bond donors (Lipinski definition) is 1. The van der Waals surface area contributed by atoms with Crippen LogP contribution in [0.15, 0.2) is 36.4 Å². The minimum absolute atomic E-state index is 0.114. The van der Waals surface area contributed by atoms with Crippen LogP contribution >= 0.6 is 23.2 Å². The molecule has 0 aliphatic carbocycles. The van der Waals surface area contributed by atoms with Crippen molar-refractivity contribution in [2.24, 2.45) is 5.92 Å². The first-order valence-corrected chi connectivity index (χ1v) is 10.9. The largest absolute Gasteiger partial charge is 0.354 e. The van der Waals surface area contributed by atoms with E-state index in [1.54, 1.807) is 24.0 Å². The van der Waals surface area contributed by atoms with Crippen molar-refractivity contribution in [3.63, 3.8) is 0 Å². The highest BCUT2D eigenvalue weighted by atomic mass is 35.5. The molecule has 0 aliphatic heterocycles. The molecule has 0 saturated carbocycles. The zero-order chi connectivity index (χ0) is 22.4. The van der Waals surface area contributed by atoms with Crippen LogP contribution in [0, 0.1) is 19.8 Å². The van der Waals surface area contributed by atoms with E-state index in [-0.39, 0.29) is 24.8 Å². The molecule has 2 amide bonds. The molecule has 2 aromatic carbocycles. The second-order valence-electron chi connectivity index (χ2n) is 8.18. The van der Waals surface area contributed by atoms with Gasteiger partial charge in [0, 0.05) is 13.1 Å². The van der Waals surface area contributed by atoms with Crippen LogP contribution in [-0.2, 0) is 22.6 Å². The number of carbonyl (C=O) groups is 2. The van der Waals surface area contributed by atoms with Crippen LogP contribution in [0.5, 0.6) is 0 Å². The number of aryl methyl sites for hydroxylation is 2. The summed E-state index contributed by atoms with van der Waals surface area (Å²) in [4.78, 5) is 27.5. The fraction of sp³-hybridized carbons (Fsp3) is 0.417. The second kappa shape index (κ2) is 10.8. The Balaban J connectivity index is 2.25. The summed E-state index contributed by atoms with van der Waals surface area (Å²) < 4.78 is 0. The number of benzene rings is 2. The average Bonchev–Trinajstić information content (AvgIpc) is 2.69. The van der Waals surface area contributed by atoms with Crippen molar-refractivity contribution >= 4 is 35.0 Å². The molecule has 2 rings (SSSR count). The highest BCUT2D eigenvalue weighted by molar-refractivity contribution is 6.42. The lowest BCUT2D eigenvalue weighted by Crippen LogP contribution is -2.48. The lowest BCUT2D eigenvalue weighted by Gasteiger charge is -2.29. The van der Waals surface area contributed by atoms with Gasteiger partial charge in [-0.1, -0.05) is 61.3 Å². The lowest BCUT2D eigenvalue weighted by atomic mass is 10.0. The number of nitrogens with one attached hydrogen (secondary N) is 1. The van der Waals surface area contributed by atoms with Crippen molar-refractivity contribution in [1.29, 1.82) is 0 Å². The summed E-state index contributed by atoms with van der Waals surface area (Å²) in [5.41, 5.74) is 4.07. The molecule has 1 atom stereocenters. The monoisotopic (exact) mass is 448 g/mol. The molecular weight excluding hydrogens is 419 g/mol. The number of hydrogen-bond acceptors (Lipinski definition) is 2. The van der Waals surface area contributed by atoms with E-state index in [0.717, 1.165) is 16.7 Å². The molecule has 0 heterocycles. The van der Waals surface area contributed by atoms with Gasteiger partial charge in [0.1, 0.15) is 6.04 Å². The summed E-state index contributed by atoms with van der Waals surface area (Å²) in [5, 5.41) is 3.80. The van der Waals surface area contributed by atoms with Crippen LogP contribution in [0.4, 0.5) is 0 Å². The summed E-state index contributed by atoms with van der Waals surface area (Å²) in [5.74, 6) is 0.0460. The van der Waals surface area contributed by atoms with Crippen molar-refractivity contribution in [3.8, 4) is 0 Å². The lowest BCUT2D eigenvalue weighted by molar-refractivity contribution is -0.140. The molecule has 30 heavy (non-hydrogen) atoms. The third-order valence-electron chi connectivity index (χ3n) is 5.12. The molecule has 2 aromatic rings. The van der Waals surface area contributed by atoms with Crippen molar-refractivity contribution in [2.45, 2.75) is 53.6 Å². The molecule has 0 spiro atoms. The Morgan fingerprint density at radius 2 is 1.60 bits per heavy atom. The Morgan fingerprint density at radius 1 is 0.933 bits per heavy atom. The van der Waals surface area contributed by atoms with E-state index in [4.69, 9.17) is 23.2 Å². The van der Waals surface area contributed by atoms with Gasteiger partial charge in [-0.2, -0.15) is 0 Å². The SMILES string of the molecule is Cc1ccc(CC(=O)N(Cc2ccc(Cl)c(Cl)c2)C(C)C(=O)NCC(C)C)cc1C. The molecule has 1 N–H and O–H groups in total. The van der Waals surface area contributed by atoms with Crippen LogP contribution in [0.25, 0.3) is 0 Å². The van der Waals surface area contributed by atoms with Crippen LogP contribution in [0.3, 0.4) is 0 Å². The van der Waals surface area contributed by atoms with E-state index < -0.39 is 6.04 Å². The Labute approximate surface area is 189 Å². The first kappa shape index (κ1) is 24.2. The topological polar surface area (TPSA) is 49.4 Å². The molecule has 1 unspecified atom stereocenters. The smallest absolute Gasteiger partial charge is 0.242 e. The maximum Gasteiger partial charge on any atom is 0.242 e. The average molecular weight is 449 g/mol. The minimum atomic E-state index is -0.614. The highest BCUT2D eigenvalue weighted by Gasteiger charge is 2.26. The van der Waals surface area contributed by atoms with E-state index in [9.17, 15) is 9.59 Å². The number of carbonyl (C=O) groups excluding carboxylic acids is 2. The molecule has 0 saturated heterocycles. The minimum Gasteiger partial charge on any atom is -0.354 e. The summed E-state index contributed by atoms with van der Waals surface area (Å²) in [7, 11) is 0. The van der Waals surface area contributed by atoms with E-state index in [2.05, 4.69) is 5.32 Å². The molecule has 162 valence electrons. The number of halogens is 2. The zero-order valence-corrected chi connectivity index (χ0v) is 19.8. The van der Waals surface area contributed by atoms with E-state index in [0.29, 0.717) is 22.5 Å². The summed E-state index contributed by atoms with van der Waals surface area (Å²) in [6.07, 6.45) is 0.226. The van der Waals surface area contributed by atoms with Crippen LogP contribution in [-0.4, -0.2) is 29.3 Å². The van der Waals surface area contributed by atoms with Gasteiger partial charge in [0.2, 0.25) is 11.8 Å². The first-order chi connectivity index (χ1) is 14.1. The van der Waals surface area contributed by atoms with Gasteiger partial charge in [-0.25, -0.2) is 0 Å². The van der Waals surface area contributed by atoms with Crippen molar-refractivity contribution in [2.75, 3.05) is 6.54 Å². The maximum absolute atomic E-state index is 13.2. The summed E-state index contributed by atoms with van der Waals surface area (Å²) in [6.45, 7) is 10.7. The van der Waals surface area contributed by atoms with Gasteiger partial charge < -0.3 is 10.2 Å². The predicted molar refractivity (Wildman–Crippen MR) is 124 cm³/mol. The number of amides is 2. The summed E-state index contributed by atoms with van der Waals surface area (Å²) >= 11 is 12.2. The molecule has 6 heteroatoms. The fourth-order valence-corrected chi connectivity index (χ4v) is 3.38. The van der Waals surface area contributed by atoms with E-state index in [1.807, 2.05) is 52.0 Å². The van der Waals surface area contributed by atoms with Gasteiger partial charge in [0.25, 0.3) is 0 Å². The van der Waals surface area contributed by atoms with Gasteiger partial charge in [-0.3, -0.25) is 9.59 Å². The van der Waals surface area contributed by atoms with Gasteiger partial charge in [0.05, 0.1) is 16.5 Å². The normalized spacial score (nSPS) is 12.0. The third-order valence-corrected chi connectivity index (χ3v) is 5.85. The van der Waals surface area contributed by atoms with Crippen molar-refractivity contribution in [1.82, 2.24) is 10.2 Å². The molecular formula is C24H30Cl2N2O2. The predicted octanol–water partition coefficient (Wildman–Crippen LogP) is 5.34. The Morgan fingerprint density at radius 3 is 2.20 bits per heavy atom. The quantitative estimate of drug-likeness (QED) is 0.591. The molecule has 0 aliphatic rings. The standard InChI is InChI=1S/C24H30Cl2N2O2/c1-15(2)13-27-24(30)18(5)28(14-20-8-9-21(25)22(26)11-20)23(29)12-19-7-6-16(3)17(4)10-19/h6-11,15,18H,12-14H2,1-5H3,(H,27,30). The van der Waals surface area contributed by atoms with Crippen LogP contribution in [0.1, 0.15) is 43.0 Å². The van der Waals surface area contributed by atoms with Crippen molar-refractivity contribution < 1.29 is 9.59 Å². The van der Waals surface area contributed by atoms with Gasteiger partial charge in [-0.05, 0) is 61.1 Å². The van der Waals surface area contributed by atoms with Crippen LogP contribution < -0.4 is 5.32 Å². The van der Waals surface area contributed by atoms with Gasteiger partial charge in [-0.15, -0.1) is 0 Å². The maximum atomic E-state index is 13.2. The molecule has 0 bridgehead atoms. The number of rotatable bonds is 8. The van der Waals surface area contributed by atoms with Crippen LogP contribution in [0.2, 0.25) is 10.0 Å². The number of nitrogens with zero attached hydrogens (tertiary/aromatic N) is 1. The van der Waals surface area contributed by atoms with E-state index >= 15 is 0 Å².